The summed E-state index contributed by atoms with van der Waals surface area (Å²) in [6.45, 7) is 10.7. The zero-order valence-electron chi connectivity index (χ0n) is 48.4. The van der Waals surface area contributed by atoms with E-state index < -0.39 is 127 Å². The Balaban J connectivity index is 1.12. The number of rotatable bonds is 20. The molecule has 1 amide bonds. The molecule has 1 aromatic carbocycles. The van der Waals surface area contributed by atoms with Gasteiger partial charge in [0.2, 0.25) is 17.2 Å². The Morgan fingerprint density at radius 2 is 1.57 bits per heavy atom. The van der Waals surface area contributed by atoms with Gasteiger partial charge in [-0.15, -0.1) is 0 Å². The van der Waals surface area contributed by atoms with E-state index >= 15 is 0 Å². The summed E-state index contributed by atoms with van der Waals surface area (Å²) < 4.78 is 72.1. The lowest BCUT2D eigenvalue weighted by Crippen LogP contribution is -2.65. The number of benzene rings is 1. The molecule has 4 heterocycles. The van der Waals surface area contributed by atoms with Gasteiger partial charge in [-0.25, -0.2) is 4.79 Å². The van der Waals surface area contributed by atoms with E-state index in [2.05, 4.69) is 55.7 Å². The number of nitrogens with one attached hydrogen (secondary N) is 3. The van der Waals surface area contributed by atoms with Crippen molar-refractivity contribution in [2.45, 2.75) is 182 Å². The number of likely N-dealkylation sites (N-methyl/N-ethyl adjacent to an activating group) is 1. The molecular formula is C56H76BrN3O22S2. The summed E-state index contributed by atoms with van der Waals surface area (Å²) in [7, 11) is 6.72. The number of carbonyl (C=O) groups excluding carboxylic acids is 3. The van der Waals surface area contributed by atoms with E-state index in [-0.39, 0.29) is 86.6 Å². The Hall–Kier alpha value is -3.93. The molecule has 6 aliphatic rings. The highest BCUT2D eigenvalue weighted by Crippen LogP contribution is 2.51. The molecule has 25 nitrogen and oxygen atoms in total. The van der Waals surface area contributed by atoms with Crippen LogP contribution in [0.25, 0.3) is 0 Å². The molecule has 84 heavy (non-hydrogen) atoms. The summed E-state index contributed by atoms with van der Waals surface area (Å²) in [5.41, 5.74) is 1.18. The van der Waals surface area contributed by atoms with E-state index in [0.717, 1.165) is 30.6 Å². The van der Waals surface area contributed by atoms with Crippen molar-refractivity contribution >= 4 is 55.8 Å². The highest BCUT2D eigenvalue weighted by atomic mass is 79.9. The lowest BCUT2D eigenvalue weighted by molar-refractivity contribution is -0.336. The number of amides is 1. The van der Waals surface area contributed by atoms with E-state index in [4.69, 9.17) is 61.7 Å². The summed E-state index contributed by atoms with van der Waals surface area (Å²) in [6, 6.07) is -1.30. The Morgan fingerprint density at radius 1 is 0.857 bits per heavy atom. The van der Waals surface area contributed by atoms with Crippen LogP contribution in [0.2, 0.25) is 0 Å². The van der Waals surface area contributed by atoms with Gasteiger partial charge in [-0.1, -0.05) is 60.2 Å². The zero-order chi connectivity index (χ0) is 61.3. The molecule has 3 unspecified atom stereocenters. The van der Waals surface area contributed by atoms with Gasteiger partial charge in [0, 0.05) is 57.3 Å². The number of aliphatic hydroxyl groups excluding tert-OH is 5. The first-order valence-corrected chi connectivity index (χ1v) is 29.9. The second-order valence-electron chi connectivity index (χ2n) is 20.5. The third-order valence-corrected chi connectivity index (χ3v) is 18.1. The summed E-state index contributed by atoms with van der Waals surface area (Å²) in [5, 5.41) is 74.0. The molecule has 20 atom stereocenters. The van der Waals surface area contributed by atoms with E-state index in [1.807, 2.05) is 6.92 Å². The number of hydrogen-bond donors (Lipinski definition) is 9. The molecule has 0 saturated carbocycles. The minimum absolute atomic E-state index is 0.00463. The number of fused-ring (bicyclic) bond motifs is 2. The van der Waals surface area contributed by atoms with E-state index in [0.29, 0.717) is 12.1 Å². The molecule has 1 aromatic rings. The molecule has 0 radical (unpaired) electrons. The number of thioether (sulfide) groups is 2. The van der Waals surface area contributed by atoms with Crippen LogP contribution in [0.4, 0.5) is 4.79 Å². The van der Waals surface area contributed by atoms with Crippen molar-refractivity contribution in [3.8, 4) is 40.9 Å². The first-order chi connectivity index (χ1) is 40.0. The standard InChI is InChI=1S/C56H76BrN3O22S2/c1-12-58-31-24-75-36(22-35(31)70-7)80-49-44(65)41(26(3)77-54(49)79-34-17-15-13-14-16-19-56(69)23-33(63)42(59-55(68)74-11)39(34)30(56)18-20-83-29(6)61)60-82-37-21-32(62)51(28(5)76-37)84-52(67)38-25(2)40(57)47(50(73-10)46(38)71-8)81-53-45(66)48(72-9)43(64)27(4)78-53/h13-14,18,26-28,31-37,41,43-45,48-49,51,53-54,58,60,62-66,69H,12,20-24H2,1-11H3,(H,59,68)/b14-13-,30-18+/t26-,27+,28-,31+,32+,33-,34+,35+,36+,37+,41-,43?,44+,45-,48-,49-,51?,53+,54+,56?/m1/s1. The minimum Gasteiger partial charge on any atom is -0.492 e. The maximum atomic E-state index is 14.4. The maximum absolute atomic E-state index is 14.4. The summed E-state index contributed by atoms with van der Waals surface area (Å²) in [6.07, 6.45) is -15.8. The summed E-state index contributed by atoms with van der Waals surface area (Å²) in [4.78, 5) is 45.6. The number of ether oxygens (including phenoxy) is 12. The Morgan fingerprint density at radius 3 is 2.23 bits per heavy atom. The first-order valence-electron chi connectivity index (χ1n) is 27.2. The molecule has 0 aromatic heterocycles. The first kappa shape index (κ1) is 67.6. The van der Waals surface area contributed by atoms with Crippen molar-refractivity contribution in [2.75, 3.05) is 54.5 Å². The van der Waals surface area contributed by atoms with Gasteiger partial charge in [-0.2, -0.15) is 5.48 Å². The van der Waals surface area contributed by atoms with E-state index in [1.165, 1.54) is 40.4 Å². The van der Waals surface area contributed by atoms with Gasteiger partial charge in [-0.3, -0.25) is 19.7 Å². The average molecular weight is 1290 g/mol. The van der Waals surface area contributed by atoms with Crippen molar-refractivity contribution in [3.05, 3.63) is 50.7 Å². The van der Waals surface area contributed by atoms with Gasteiger partial charge >= 0.3 is 6.09 Å². The number of hydrogen-bond acceptors (Lipinski definition) is 26. The van der Waals surface area contributed by atoms with Crippen molar-refractivity contribution in [3.63, 3.8) is 0 Å². The molecule has 7 rings (SSSR count). The average Bonchev–Trinajstić information content (AvgIpc) is 3.34. The van der Waals surface area contributed by atoms with Crippen LogP contribution in [0.1, 0.15) is 69.8 Å². The molecule has 9 N–H and O–H groups in total. The number of alkyl carbamates (subject to hydrolysis) is 1. The third-order valence-electron chi connectivity index (χ3n) is 15.0. The normalized spacial score (nSPS) is 36.7. The Labute approximate surface area is 504 Å². The van der Waals surface area contributed by atoms with Gasteiger partial charge in [0.15, 0.2) is 41.1 Å². The molecule has 28 heteroatoms. The lowest BCUT2D eigenvalue weighted by atomic mass is 9.74. The molecule has 2 bridgehead atoms. The molecule has 4 saturated heterocycles. The smallest absolute Gasteiger partial charge is 0.411 e. The number of methoxy groups -OCH3 is 5. The minimum atomic E-state index is -2.06. The maximum Gasteiger partial charge on any atom is 0.411 e. The fraction of sp³-hybridized carbons (Fsp3) is 0.661. The SMILES string of the molecule is CCN[C@H]1CO[C@@H](O[C@H]2[C@H](O[C@H]3C#C/C=C\C#CC4(O)C[C@@H](O)C(NC(=O)OC)=C3/C4=C\CSC(C)=O)O[C@H](C)[C@@H](NO[C@H]3C[C@H](O)C(SC(=O)c4c(C)c(Br)c(O[C@@H]5O[C@@H](C)C(O)[C@@H](OC)[C@H]5O)c(OC)c4OC)[C@@H](C)O3)[C@@H]2O)C[C@@H]1OC. The van der Waals surface area contributed by atoms with Crippen molar-refractivity contribution in [1.29, 1.82) is 0 Å². The zero-order valence-corrected chi connectivity index (χ0v) is 51.6. The van der Waals surface area contributed by atoms with Crippen LogP contribution in [0.5, 0.6) is 17.2 Å². The van der Waals surface area contributed by atoms with Crippen molar-refractivity contribution in [2.24, 2.45) is 0 Å². The monoisotopic (exact) mass is 1290 g/mol. The molecule has 0 spiro atoms. The van der Waals surface area contributed by atoms with Gasteiger partial charge in [-0.05, 0) is 67.9 Å². The Bertz CT molecular complexity index is 2720. The van der Waals surface area contributed by atoms with Gasteiger partial charge in [0.1, 0.15) is 36.6 Å². The largest absolute Gasteiger partial charge is 0.492 e. The highest BCUT2D eigenvalue weighted by molar-refractivity contribution is 9.10. The highest BCUT2D eigenvalue weighted by Gasteiger charge is 2.52. The number of hydroxylamine groups is 1. The summed E-state index contributed by atoms with van der Waals surface area (Å²) >= 11 is 5.28. The fourth-order valence-electron chi connectivity index (χ4n) is 10.7. The quantitative estimate of drug-likeness (QED) is 0.0664. The van der Waals surface area contributed by atoms with E-state index in [9.17, 15) is 45.0 Å². The molecule has 4 aliphatic heterocycles. The van der Waals surface area contributed by atoms with Crippen LogP contribution < -0.4 is 30.3 Å². The van der Waals surface area contributed by atoms with Crippen LogP contribution >= 0.6 is 39.5 Å². The molecule has 4 fully saturated rings. The molecular weight excluding hydrogens is 1210 g/mol. The second kappa shape index (κ2) is 30.3. The number of halogens is 1. The predicted molar refractivity (Wildman–Crippen MR) is 305 cm³/mol. The topological polar surface area (TPSA) is 329 Å². The lowest BCUT2D eigenvalue weighted by Gasteiger charge is -2.47. The third kappa shape index (κ3) is 15.3. The van der Waals surface area contributed by atoms with Crippen molar-refractivity contribution in [1.82, 2.24) is 16.1 Å². The van der Waals surface area contributed by atoms with Gasteiger partial charge in [0.05, 0.1) is 97.6 Å². The van der Waals surface area contributed by atoms with Gasteiger partial charge in [0.25, 0.3) is 0 Å². The summed E-state index contributed by atoms with van der Waals surface area (Å²) in [5.74, 6) is 11.5. The molecule has 466 valence electrons. The number of aliphatic hydroxyl groups is 6. The van der Waals surface area contributed by atoms with Crippen LogP contribution in [-0.4, -0.2) is 223 Å². The van der Waals surface area contributed by atoms with Crippen LogP contribution in [0.3, 0.4) is 0 Å². The van der Waals surface area contributed by atoms with Crippen LogP contribution in [-0.2, 0) is 52.3 Å². The predicted octanol–water partition coefficient (Wildman–Crippen LogP) is 1.77. The fourth-order valence-corrected chi connectivity index (χ4v) is 12.8. The van der Waals surface area contributed by atoms with Crippen LogP contribution in [0.15, 0.2) is 39.5 Å². The molecule has 2 aliphatic carbocycles. The second-order valence-corrected chi connectivity index (χ2v) is 23.7. The van der Waals surface area contributed by atoms with E-state index in [1.54, 1.807) is 40.9 Å². The Kier molecular flexibility index (Phi) is 24.4. The van der Waals surface area contributed by atoms with Crippen LogP contribution in [0, 0.1) is 30.6 Å². The number of allylic oxidation sites excluding steroid dienone is 2. The van der Waals surface area contributed by atoms with Gasteiger partial charge < -0.3 is 92.8 Å². The number of carbonyl (C=O) groups is 3. The van der Waals surface area contributed by atoms with Crippen molar-refractivity contribution < 1.29 is 107 Å².